The van der Waals surface area contributed by atoms with Gasteiger partial charge in [-0.2, -0.15) is 0 Å². The number of ether oxygens (including phenoxy) is 1. The van der Waals surface area contributed by atoms with Gasteiger partial charge in [0.15, 0.2) is 0 Å². The van der Waals surface area contributed by atoms with Crippen molar-refractivity contribution < 1.29 is 13.9 Å². The molecule has 1 saturated heterocycles. The lowest BCUT2D eigenvalue weighted by atomic mass is 9.94. The molecule has 0 spiro atoms. The molecule has 6 heteroatoms. The van der Waals surface area contributed by atoms with E-state index in [4.69, 9.17) is 9.15 Å². The third-order valence-electron chi connectivity index (χ3n) is 5.64. The van der Waals surface area contributed by atoms with Crippen LogP contribution in [-0.2, 0) is 11.3 Å². The number of carbonyl (C=O) groups is 1. The molecule has 0 radical (unpaired) electrons. The smallest absolute Gasteiger partial charge is 0.227 e. The average Bonchev–Trinajstić information content (AvgIpc) is 3.12. The van der Waals surface area contributed by atoms with Gasteiger partial charge in [0, 0.05) is 38.5 Å². The zero-order valence-corrected chi connectivity index (χ0v) is 16.7. The van der Waals surface area contributed by atoms with Gasteiger partial charge in [0.1, 0.15) is 12.0 Å². The highest BCUT2D eigenvalue weighted by atomic mass is 16.5. The zero-order valence-electron chi connectivity index (χ0n) is 16.7. The van der Waals surface area contributed by atoms with Crippen LogP contribution in [0.4, 0.5) is 0 Å². The maximum absolute atomic E-state index is 12.4. The molecule has 0 aliphatic carbocycles. The van der Waals surface area contributed by atoms with E-state index in [0.717, 1.165) is 43.1 Å². The third kappa shape index (κ3) is 4.70. The predicted octanol–water partition coefficient (Wildman–Crippen LogP) is 3.67. The molecule has 1 fully saturated rings. The van der Waals surface area contributed by atoms with E-state index in [1.807, 2.05) is 34.0 Å². The lowest BCUT2D eigenvalue weighted by Crippen LogP contribution is -2.37. The maximum atomic E-state index is 12.4. The van der Waals surface area contributed by atoms with Gasteiger partial charge >= 0.3 is 0 Å². The van der Waals surface area contributed by atoms with Gasteiger partial charge in [0.25, 0.3) is 0 Å². The van der Waals surface area contributed by atoms with Crippen molar-refractivity contribution >= 4 is 16.7 Å². The number of piperidine rings is 1. The molecule has 6 nitrogen and oxygen atoms in total. The molecule has 29 heavy (non-hydrogen) atoms. The van der Waals surface area contributed by atoms with Crippen LogP contribution in [0.3, 0.4) is 0 Å². The summed E-state index contributed by atoms with van der Waals surface area (Å²) >= 11 is 0. The minimum Gasteiger partial charge on any atom is -0.487 e. The Bertz CT molecular complexity index is 1010. The van der Waals surface area contributed by atoms with Crippen molar-refractivity contribution in [3.05, 3.63) is 65.0 Å². The van der Waals surface area contributed by atoms with Crippen LogP contribution in [-0.4, -0.2) is 35.1 Å². The summed E-state index contributed by atoms with van der Waals surface area (Å²) in [5.41, 5.74) is -0.158. The normalized spacial score (nSPS) is 15.0. The summed E-state index contributed by atoms with van der Waals surface area (Å²) in [6.45, 7) is 4.22. The predicted molar refractivity (Wildman–Crippen MR) is 111 cm³/mol. The van der Waals surface area contributed by atoms with E-state index in [1.165, 1.54) is 12.3 Å². The monoisotopic (exact) mass is 394 g/mol. The molecule has 1 amide bonds. The Morgan fingerprint density at radius 3 is 2.48 bits per heavy atom. The summed E-state index contributed by atoms with van der Waals surface area (Å²) in [5.74, 6) is 1.53. The summed E-state index contributed by atoms with van der Waals surface area (Å²) < 4.78 is 13.3. The van der Waals surface area contributed by atoms with E-state index >= 15 is 0 Å². The molecule has 2 aromatic heterocycles. The van der Waals surface area contributed by atoms with E-state index in [2.05, 4.69) is 12.1 Å². The number of nitrogens with zero attached hydrogens (tertiary/aromatic N) is 2. The molecule has 0 saturated carbocycles. The number of amides is 1. The SMILES string of the molecule is CC(=O)N1CCC(CCOc2coc(Cn3cc4ccccc4c3)cc2=O)CC1. The molecule has 152 valence electrons. The van der Waals surface area contributed by atoms with Crippen molar-refractivity contribution in [2.75, 3.05) is 19.7 Å². The first-order chi connectivity index (χ1) is 14.1. The quantitative estimate of drug-likeness (QED) is 0.640. The first-order valence-corrected chi connectivity index (χ1v) is 10.1. The summed E-state index contributed by atoms with van der Waals surface area (Å²) in [7, 11) is 0. The summed E-state index contributed by atoms with van der Waals surface area (Å²) in [4.78, 5) is 25.6. The number of fused-ring (bicyclic) bond motifs is 1. The molecule has 0 atom stereocenters. The van der Waals surface area contributed by atoms with Crippen LogP contribution in [0, 0.1) is 5.92 Å². The van der Waals surface area contributed by atoms with Crippen LogP contribution in [0.5, 0.6) is 5.75 Å². The Morgan fingerprint density at radius 1 is 1.17 bits per heavy atom. The summed E-state index contributed by atoms with van der Waals surface area (Å²) in [5, 5.41) is 2.31. The second kappa shape index (κ2) is 8.55. The summed E-state index contributed by atoms with van der Waals surface area (Å²) in [6.07, 6.45) is 8.35. The van der Waals surface area contributed by atoms with E-state index in [9.17, 15) is 9.59 Å². The van der Waals surface area contributed by atoms with E-state index in [1.54, 1.807) is 6.92 Å². The van der Waals surface area contributed by atoms with Crippen LogP contribution in [0.25, 0.3) is 10.8 Å². The fraction of sp³-hybridized carbons (Fsp3) is 0.391. The van der Waals surface area contributed by atoms with E-state index in [0.29, 0.717) is 24.8 Å². The minimum atomic E-state index is -0.158. The Balaban J connectivity index is 1.29. The molecule has 1 aliphatic heterocycles. The zero-order chi connectivity index (χ0) is 20.2. The van der Waals surface area contributed by atoms with Gasteiger partial charge in [-0.1, -0.05) is 24.3 Å². The second-order valence-corrected chi connectivity index (χ2v) is 7.72. The van der Waals surface area contributed by atoms with Gasteiger partial charge < -0.3 is 18.6 Å². The largest absolute Gasteiger partial charge is 0.487 e. The van der Waals surface area contributed by atoms with Crippen LogP contribution >= 0.6 is 0 Å². The van der Waals surface area contributed by atoms with Crippen LogP contribution in [0.2, 0.25) is 0 Å². The number of aromatic nitrogens is 1. The van der Waals surface area contributed by atoms with Gasteiger partial charge in [-0.05, 0) is 36.0 Å². The molecular formula is C23H26N2O4. The van der Waals surface area contributed by atoms with Crippen LogP contribution in [0.15, 0.2) is 58.2 Å². The van der Waals surface area contributed by atoms with Gasteiger partial charge in [-0.15, -0.1) is 0 Å². The second-order valence-electron chi connectivity index (χ2n) is 7.72. The Labute approximate surface area is 169 Å². The van der Waals surface area contributed by atoms with Crippen molar-refractivity contribution in [2.24, 2.45) is 5.92 Å². The van der Waals surface area contributed by atoms with Crippen molar-refractivity contribution in [1.29, 1.82) is 0 Å². The van der Waals surface area contributed by atoms with Gasteiger partial charge in [-0.25, -0.2) is 0 Å². The highest BCUT2D eigenvalue weighted by Crippen LogP contribution is 2.21. The van der Waals surface area contributed by atoms with Gasteiger partial charge in [0.05, 0.1) is 13.2 Å². The lowest BCUT2D eigenvalue weighted by molar-refractivity contribution is -0.130. The molecule has 4 rings (SSSR count). The molecule has 3 aromatic rings. The molecule has 0 N–H and O–H groups in total. The number of likely N-dealkylation sites (tertiary alicyclic amines) is 1. The van der Waals surface area contributed by atoms with E-state index in [-0.39, 0.29) is 17.1 Å². The van der Waals surface area contributed by atoms with E-state index < -0.39 is 0 Å². The number of rotatable bonds is 6. The van der Waals surface area contributed by atoms with Crippen molar-refractivity contribution in [3.8, 4) is 5.75 Å². The van der Waals surface area contributed by atoms with Crippen LogP contribution in [0.1, 0.15) is 31.9 Å². The van der Waals surface area contributed by atoms with Gasteiger partial charge in [0.2, 0.25) is 17.1 Å². The van der Waals surface area contributed by atoms with Gasteiger partial charge in [-0.3, -0.25) is 9.59 Å². The molecule has 0 unspecified atom stereocenters. The maximum Gasteiger partial charge on any atom is 0.227 e. The Morgan fingerprint density at radius 2 is 1.86 bits per heavy atom. The summed E-state index contributed by atoms with van der Waals surface area (Å²) in [6, 6.07) is 9.63. The van der Waals surface area contributed by atoms with Crippen molar-refractivity contribution in [2.45, 2.75) is 32.7 Å². The number of hydrogen-bond donors (Lipinski definition) is 0. The standard InChI is InChI=1S/C23H26N2O4/c1-17(26)25-9-6-18(7-10-25)8-11-28-23-16-29-21(12-22(23)27)15-24-13-19-4-2-3-5-20(19)14-24/h2-5,12-14,16,18H,6-11,15H2,1H3. The van der Waals surface area contributed by atoms with Crippen molar-refractivity contribution in [1.82, 2.24) is 9.47 Å². The molecule has 3 heterocycles. The third-order valence-corrected chi connectivity index (χ3v) is 5.64. The minimum absolute atomic E-state index is 0.144. The van der Waals surface area contributed by atoms with Crippen molar-refractivity contribution in [3.63, 3.8) is 0 Å². The highest BCUT2D eigenvalue weighted by molar-refractivity contribution is 5.82. The number of hydrogen-bond acceptors (Lipinski definition) is 4. The first-order valence-electron chi connectivity index (χ1n) is 10.1. The lowest BCUT2D eigenvalue weighted by Gasteiger charge is -2.31. The topological polar surface area (TPSA) is 64.7 Å². The molecule has 1 aromatic carbocycles. The molecule has 0 bridgehead atoms. The number of benzene rings is 1. The molecular weight excluding hydrogens is 368 g/mol. The first kappa shape index (κ1) is 19.3. The Hall–Kier alpha value is -3.02. The fourth-order valence-electron chi connectivity index (χ4n) is 3.91. The average molecular weight is 394 g/mol. The highest BCUT2D eigenvalue weighted by Gasteiger charge is 2.20. The Kier molecular flexibility index (Phi) is 5.69. The molecule has 1 aliphatic rings. The van der Waals surface area contributed by atoms with Crippen LogP contribution < -0.4 is 10.2 Å². The number of carbonyl (C=O) groups excluding carboxylic acids is 1. The fourth-order valence-corrected chi connectivity index (χ4v) is 3.91.